The fraction of sp³-hybridized carbons (Fsp3) is 0.522. The van der Waals surface area contributed by atoms with Gasteiger partial charge in [-0.05, 0) is 66.5 Å². The first-order valence-electron chi connectivity index (χ1n) is 21.4. The van der Waals surface area contributed by atoms with E-state index in [1.165, 1.54) is 16.7 Å². The summed E-state index contributed by atoms with van der Waals surface area (Å²) < 4.78 is 7.84. The van der Waals surface area contributed by atoms with Crippen molar-refractivity contribution >= 4 is 46.4 Å². The van der Waals surface area contributed by atoms with Gasteiger partial charge in [0.15, 0.2) is 11.6 Å². The maximum absolute atomic E-state index is 13.0. The normalized spacial score (nSPS) is 14.3. The molecule has 4 N–H and O–H groups in total. The molecule has 0 spiro atoms. The van der Waals surface area contributed by atoms with Crippen molar-refractivity contribution in [2.45, 2.75) is 112 Å². The summed E-state index contributed by atoms with van der Waals surface area (Å²) in [7, 11) is 0. The smallest absolute Gasteiger partial charge is 0.410 e. The minimum atomic E-state index is -0.674. The second-order valence-electron chi connectivity index (χ2n) is 16.4. The highest BCUT2D eigenvalue weighted by molar-refractivity contribution is 5.92. The lowest BCUT2D eigenvalue weighted by Gasteiger charge is -2.34. The molecular weight excluding hydrogens is 745 g/mol. The number of Topliss-reactive ketones (excluding diaryl/α,β-unsaturated/α-hetero) is 2. The van der Waals surface area contributed by atoms with Crippen molar-refractivity contribution in [1.82, 2.24) is 29.7 Å². The van der Waals surface area contributed by atoms with Gasteiger partial charge in [-0.2, -0.15) is 4.98 Å². The van der Waals surface area contributed by atoms with Crippen molar-refractivity contribution in [3.05, 3.63) is 82.5 Å². The van der Waals surface area contributed by atoms with Crippen LogP contribution in [-0.2, 0) is 45.2 Å². The van der Waals surface area contributed by atoms with Gasteiger partial charge in [0.1, 0.15) is 17.9 Å². The second-order valence-corrected chi connectivity index (χ2v) is 16.4. The quantitative estimate of drug-likeness (QED) is 0.0742. The number of ketones is 2. The number of unbranched alkanes of at least 4 members (excludes halogenated alkanes) is 2. The molecular formula is C46H64N8O5. The first-order valence-corrected chi connectivity index (χ1v) is 21.4. The summed E-state index contributed by atoms with van der Waals surface area (Å²) in [5.41, 5.74) is 13.1. The van der Waals surface area contributed by atoms with E-state index in [-0.39, 0.29) is 54.9 Å². The Labute approximate surface area is 349 Å². The highest BCUT2D eigenvalue weighted by Crippen LogP contribution is 2.25. The first-order chi connectivity index (χ1) is 28.3. The van der Waals surface area contributed by atoms with Gasteiger partial charge in [0, 0.05) is 77.2 Å². The molecule has 4 aromatic rings. The van der Waals surface area contributed by atoms with Gasteiger partial charge in [0.25, 0.3) is 0 Å². The number of benzene rings is 2. The Morgan fingerprint density at radius 1 is 0.864 bits per heavy atom. The molecule has 5 rings (SSSR count). The van der Waals surface area contributed by atoms with Crippen LogP contribution in [0.25, 0.3) is 11.0 Å². The minimum absolute atomic E-state index is 0.0113. The van der Waals surface area contributed by atoms with Crippen LogP contribution in [-0.4, -0.2) is 86.7 Å². The van der Waals surface area contributed by atoms with Gasteiger partial charge in [-0.25, -0.2) is 9.78 Å². The summed E-state index contributed by atoms with van der Waals surface area (Å²) in [4.78, 5) is 64.2. The van der Waals surface area contributed by atoms with Crippen LogP contribution in [0.5, 0.6) is 0 Å². The van der Waals surface area contributed by atoms with E-state index in [0.29, 0.717) is 26.1 Å². The molecule has 0 aliphatic carbocycles. The Bertz CT molecular complexity index is 2040. The molecule has 1 aliphatic rings. The molecule has 0 unspecified atom stereocenters. The Morgan fingerprint density at radius 3 is 2.25 bits per heavy atom. The number of nitrogens with zero attached hydrogens (tertiary/aromatic N) is 5. The zero-order chi connectivity index (χ0) is 42.5. The van der Waals surface area contributed by atoms with E-state index in [1.54, 1.807) is 11.8 Å². The monoisotopic (exact) mass is 808 g/mol. The molecule has 59 heavy (non-hydrogen) atoms. The number of piperazine rings is 1. The van der Waals surface area contributed by atoms with Crippen LogP contribution in [0.2, 0.25) is 0 Å². The number of hydrogen-bond donors (Lipinski definition) is 3. The van der Waals surface area contributed by atoms with Crippen LogP contribution in [0.1, 0.15) is 101 Å². The number of nitrogens with one attached hydrogen (secondary N) is 2. The molecule has 0 radical (unpaired) electrons. The summed E-state index contributed by atoms with van der Waals surface area (Å²) in [6.45, 7) is 16.9. The van der Waals surface area contributed by atoms with E-state index in [4.69, 9.17) is 10.5 Å². The zero-order valence-electron chi connectivity index (χ0n) is 35.9. The van der Waals surface area contributed by atoms with Crippen LogP contribution < -0.4 is 16.4 Å². The van der Waals surface area contributed by atoms with E-state index >= 15 is 0 Å². The number of fused-ring (bicyclic) bond motifs is 1. The summed E-state index contributed by atoms with van der Waals surface area (Å²) in [6.07, 6.45) is 6.65. The molecule has 0 saturated carbocycles. The number of ether oxygens (including phenoxy) is 1. The predicted octanol–water partition coefficient (Wildman–Crippen LogP) is 7.07. The summed E-state index contributed by atoms with van der Waals surface area (Å²) >= 11 is 0. The molecule has 318 valence electrons. The fourth-order valence-corrected chi connectivity index (χ4v) is 7.53. The van der Waals surface area contributed by atoms with Gasteiger partial charge in [-0.3, -0.25) is 19.3 Å². The number of aryl methyl sites for hydroxylation is 1. The third-order valence-corrected chi connectivity index (χ3v) is 11.2. The molecule has 1 fully saturated rings. The molecule has 13 nitrogen and oxygen atoms in total. The Balaban J connectivity index is 1.04. The van der Waals surface area contributed by atoms with Crippen LogP contribution >= 0.6 is 0 Å². The summed E-state index contributed by atoms with van der Waals surface area (Å²) in [6, 6.07) is 15.4. The Hall–Kier alpha value is -5.30. The predicted molar refractivity (Wildman–Crippen MR) is 233 cm³/mol. The molecule has 2 atom stereocenters. The van der Waals surface area contributed by atoms with E-state index in [1.807, 2.05) is 57.3 Å². The summed E-state index contributed by atoms with van der Waals surface area (Å²) in [5, 5.41) is 6.31. The zero-order valence-corrected chi connectivity index (χ0v) is 35.9. The number of anilines is 2. The van der Waals surface area contributed by atoms with Crippen LogP contribution in [0.15, 0.2) is 54.7 Å². The lowest BCUT2D eigenvalue weighted by Crippen LogP contribution is -2.48. The molecule has 1 aliphatic heterocycles. The van der Waals surface area contributed by atoms with Crippen molar-refractivity contribution < 1.29 is 23.9 Å². The minimum Gasteiger partial charge on any atom is -0.445 e. The number of rotatable bonds is 21. The number of hydrogen-bond acceptors (Lipinski definition) is 10. The lowest BCUT2D eigenvalue weighted by molar-refractivity contribution is -0.133. The average molecular weight is 809 g/mol. The van der Waals surface area contributed by atoms with Gasteiger partial charge in [-0.15, -0.1) is 0 Å². The van der Waals surface area contributed by atoms with Gasteiger partial charge in [0.2, 0.25) is 11.9 Å². The molecule has 13 heteroatoms. The number of nitrogen functional groups attached to an aromatic ring is 1. The first kappa shape index (κ1) is 44.8. The van der Waals surface area contributed by atoms with Crippen molar-refractivity contribution in [3.8, 4) is 0 Å². The van der Waals surface area contributed by atoms with Crippen molar-refractivity contribution in [3.63, 3.8) is 0 Å². The van der Waals surface area contributed by atoms with Gasteiger partial charge < -0.3 is 30.6 Å². The maximum atomic E-state index is 13.0. The molecule has 2 aromatic carbocycles. The van der Waals surface area contributed by atoms with E-state index in [9.17, 15) is 19.2 Å². The third-order valence-electron chi connectivity index (χ3n) is 11.2. The number of carbonyl (C=O) groups is 4. The number of aromatic nitrogens is 3. The van der Waals surface area contributed by atoms with Crippen molar-refractivity contribution in [1.29, 1.82) is 0 Å². The van der Waals surface area contributed by atoms with Gasteiger partial charge in [0.05, 0.1) is 11.6 Å². The maximum Gasteiger partial charge on any atom is 0.410 e. The SMILES string of the molecule is CCCCCNc1nc(N)nc2ccn(Cc3ccc(CN4CCN(C(=O)OCc5ccc(CC(=O)[C@H](C)NC(=O)[C@@H](CC(=O)CCC)C(C)C)cc5)CC4)cc3C)c12. The third kappa shape index (κ3) is 12.8. The lowest BCUT2D eigenvalue weighted by atomic mass is 9.88. The number of amides is 2. The molecule has 1 saturated heterocycles. The standard InChI is InChI=1S/C46H64N8O5/c1-7-9-10-19-48-43-42-40(50-45(47)51-43)18-20-54(42)29-37-17-16-36(25-32(37)5)28-52-21-23-53(24-22-52)46(58)59-30-35-14-12-34(13-15-35)26-41(56)33(6)49-44(57)39(31(3)4)27-38(55)11-8-2/h12-18,20,25,31,33,39H,7-11,19,21-24,26-30H2,1-6H3,(H,49,57)(H3,47,48,50,51)/t33-,39-/m0/s1. The Kier molecular flexibility index (Phi) is 16.4. The van der Waals surface area contributed by atoms with Crippen molar-refractivity contribution in [2.24, 2.45) is 11.8 Å². The van der Waals surface area contributed by atoms with E-state index in [0.717, 1.165) is 79.8 Å². The number of nitrogens with two attached hydrogens (primary N) is 1. The van der Waals surface area contributed by atoms with Crippen LogP contribution in [0.3, 0.4) is 0 Å². The molecule has 2 aromatic heterocycles. The topological polar surface area (TPSA) is 165 Å². The highest BCUT2D eigenvalue weighted by Gasteiger charge is 2.28. The molecule has 0 bridgehead atoms. The van der Waals surface area contributed by atoms with E-state index < -0.39 is 12.0 Å². The fourth-order valence-electron chi connectivity index (χ4n) is 7.53. The van der Waals surface area contributed by atoms with Gasteiger partial charge in [-0.1, -0.05) is 83.0 Å². The molecule has 3 heterocycles. The number of carbonyl (C=O) groups excluding carboxylic acids is 4. The van der Waals surface area contributed by atoms with Crippen LogP contribution in [0.4, 0.5) is 16.6 Å². The largest absolute Gasteiger partial charge is 0.445 e. The van der Waals surface area contributed by atoms with Crippen LogP contribution in [0, 0.1) is 18.8 Å². The summed E-state index contributed by atoms with van der Waals surface area (Å²) in [5.74, 6) is 0.271. The Morgan fingerprint density at radius 2 is 1.58 bits per heavy atom. The average Bonchev–Trinajstić information content (AvgIpc) is 3.61. The second kappa shape index (κ2) is 21.6. The van der Waals surface area contributed by atoms with Crippen molar-refractivity contribution in [2.75, 3.05) is 43.8 Å². The van der Waals surface area contributed by atoms with Gasteiger partial charge >= 0.3 is 6.09 Å². The van der Waals surface area contributed by atoms with E-state index in [2.05, 4.69) is 62.1 Å². The molecule has 2 amide bonds. The highest BCUT2D eigenvalue weighted by atomic mass is 16.6.